The maximum absolute atomic E-state index is 12.8. The number of hydrogen-bond acceptors (Lipinski definition) is 6. The minimum atomic E-state index is -0.789. The molecule has 0 spiro atoms. The summed E-state index contributed by atoms with van der Waals surface area (Å²) in [4.78, 5) is 38.0. The van der Waals surface area contributed by atoms with E-state index in [9.17, 15) is 14.4 Å². The molecule has 1 unspecified atom stereocenters. The zero-order valence-electron chi connectivity index (χ0n) is 46.1. The number of unbranched alkanes of at least 4 members (excludes halogenated alkanes) is 36. The van der Waals surface area contributed by atoms with Crippen molar-refractivity contribution < 1.29 is 28.6 Å². The van der Waals surface area contributed by atoms with Gasteiger partial charge in [0.05, 0.1) is 0 Å². The average molecular weight is 968 g/mol. The third kappa shape index (κ3) is 56.2. The van der Waals surface area contributed by atoms with Crippen LogP contribution in [-0.2, 0) is 28.6 Å². The maximum Gasteiger partial charge on any atom is 0.306 e. The summed E-state index contributed by atoms with van der Waals surface area (Å²) in [6.45, 7) is 6.49. The quantitative estimate of drug-likeness (QED) is 0.0262. The molecular weight excluding hydrogens is 853 g/mol. The Balaban J connectivity index is 4.14. The topological polar surface area (TPSA) is 78.9 Å². The highest BCUT2D eigenvalue weighted by molar-refractivity contribution is 5.71. The molecular formula is C63H114O6. The van der Waals surface area contributed by atoms with Crippen LogP contribution in [0.2, 0.25) is 0 Å². The number of allylic oxidation sites excluding steroid dienone is 8. The number of hydrogen-bond donors (Lipinski definition) is 0. The lowest BCUT2D eigenvalue weighted by Crippen LogP contribution is -2.30. The fourth-order valence-corrected chi connectivity index (χ4v) is 8.79. The minimum absolute atomic E-state index is 0.0849. The third-order valence-electron chi connectivity index (χ3n) is 13.3. The Bertz CT molecular complexity index is 1200. The van der Waals surface area contributed by atoms with Gasteiger partial charge in [-0.2, -0.15) is 0 Å². The molecule has 0 aliphatic carbocycles. The largest absolute Gasteiger partial charge is 0.462 e. The van der Waals surface area contributed by atoms with Gasteiger partial charge in [-0.3, -0.25) is 14.4 Å². The first kappa shape index (κ1) is 66.4. The predicted molar refractivity (Wildman–Crippen MR) is 298 cm³/mol. The summed E-state index contributed by atoms with van der Waals surface area (Å²) in [5.41, 5.74) is 0. The summed E-state index contributed by atoms with van der Waals surface area (Å²) < 4.78 is 16.8. The lowest BCUT2D eigenvalue weighted by atomic mass is 10.0. The summed E-state index contributed by atoms with van der Waals surface area (Å²) in [6.07, 6.45) is 71.4. The van der Waals surface area contributed by atoms with Crippen LogP contribution in [0.25, 0.3) is 0 Å². The molecule has 402 valence electrons. The first-order valence-corrected chi connectivity index (χ1v) is 30.1. The van der Waals surface area contributed by atoms with E-state index in [1.165, 1.54) is 186 Å². The zero-order valence-corrected chi connectivity index (χ0v) is 46.1. The van der Waals surface area contributed by atoms with Crippen LogP contribution in [0.1, 0.15) is 316 Å². The van der Waals surface area contributed by atoms with E-state index in [2.05, 4.69) is 69.4 Å². The van der Waals surface area contributed by atoms with Crippen molar-refractivity contribution in [3.05, 3.63) is 48.6 Å². The molecule has 0 aliphatic heterocycles. The average Bonchev–Trinajstić information content (AvgIpc) is 3.35. The van der Waals surface area contributed by atoms with Gasteiger partial charge < -0.3 is 14.2 Å². The molecule has 0 bridgehead atoms. The van der Waals surface area contributed by atoms with Crippen molar-refractivity contribution in [3.63, 3.8) is 0 Å². The van der Waals surface area contributed by atoms with Gasteiger partial charge in [-0.05, 0) is 70.6 Å². The Kier molecular flexibility index (Phi) is 55.7. The molecule has 6 nitrogen and oxygen atoms in total. The summed E-state index contributed by atoms with van der Waals surface area (Å²) in [6, 6.07) is 0. The van der Waals surface area contributed by atoms with Gasteiger partial charge in [0.15, 0.2) is 6.10 Å². The molecule has 0 aromatic rings. The van der Waals surface area contributed by atoms with Gasteiger partial charge in [-0.15, -0.1) is 0 Å². The molecule has 0 N–H and O–H groups in total. The van der Waals surface area contributed by atoms with E-state index in [1.807, 2.05) is 0 Å². The second-order valence-electron chi connectivity index (χ2n) is 20.2. The van der Waals surface area contributed by atoms with Gasteiger partial charge in [-0.1, -0.05) is 275 Å². The van der Waals surface area contributed by atoms with Crippen LogP contribution < -0.4 is 0 Å². The number of carbonyl (C=O) groups is 3. The lowest BCUT2D eigenvalue weighted by Gasteiger charge is -2.18. The van der Waals surface area contributed by atoms with E-state index in [0.29, 0.717) is 19.3 Å². The van der Waals surface area contributed by atoms with Crippen LogP contribution in [0.5, 0.6) is 0 Å². The standard InChI is InChI=1S/C63H114O6/c1-4-7-10-13-16-19-22-24-25-26-27-28-29-30-31-32-33-34-35-36-37-39-41-44-47-50-53-56-62(65)68-59-60(58-67-61(64)55-52-49-46-43-40-21-18-15-12-9-6-3)69-63(66)57-54-51-48-45-42-38-23-20-17-14-11-8-5-2/h8,11,15,17-18,20,38,42,60H,4-7,9-10,12-14,16,19,21-37,39-41,43-59H2,1-3H3/b11-8-,18-15-,20-17-,42-38-. The normalized spacial score (nSPS) is 12.3. The molecule has 0 aromatic carbocycles. The minimum Gasteiger partial charge on any atom is -0.462 e. The maximum atomic E-state index is 12.8. The lowest BCUT2D eigenvalue weighted by molar-refractivity contribution is -0.167. The van der Waals surface area contributed by atoms with Gasteiger partial charge >= 0.3 is 17.9 Å². The van der Waals surface area contributed by atoms with Gasteiger partial charge in [-0.25, -0.2) is 0 Å². The van der Waals surface area contributed by atoms with Crippen LogP contribution in [0.4, 0.5) is 0 Å². The second-order valence-corrected chi connectivity index (χ2v) is 20.2. The zero-order chi connectivity index (χ0) is 50.0. The van der Waals surface area contributed by atoms with Crippen molar-refractivity contribution in [2.75, 3.05) is 13.2 Å². The molecule has 0 saturated carbocycles. The second kappa shape index (κ2) is 57.9. The van der Waals surface area contributed by atoms with E-state index >= 15 is 0 Å². The fourth-order valence-electron chi connectivity index (χ4n) is 8.79. The first-order chi connectivity index (χ1) is 34.0. The molecule has 0 saturated heterocycles. The molecule has 0 fully saturated rings. The summed E-state index contributed by atoms with van der Waals surface area (Å²) in [5, 5.41) is 0. The molecule has 0 aromatic heterocycles. The molecule has 0 amide bonds. The Hall–Kier alpha value is -2.63. The van der Waals surface area contributed by atoms with E-state index < -0.39 is 6.10 Å². The summed E-state index contributed by atoms with van der Waals surface area (Å²) in [7, 11) is 0. The van der Waals surface area contributed by atoms with Crippen LogP contribution >= 0.6 is 0 Å². The number of carbonyl (C=O) groups excluding carboxylic acids is 3. The molecule has 0 heterocycles. The van der Waals surface area contributed by atoms with Crippen molar-refractivity contribution in [2.45, 2.75) is 322 Å². The van der Waals surface area contributed by atoms with Crippen LogP contribution in [0, 0.1) is 0 Å². The van der Waals surface area contributed by atoms with E-state index in [4.69, 9.17) is 14.2 Å². The van der Waals surface area contributed by atoms with Crippen molar-refractivity contribution in [2.24, 2.45) is 0 Å². The van der Waals surface area contributed by atoms with Gasteiger partial charge in [0.1, 0.15) is 13.2 Å². The van der Waals surface area contributed by atoms with Crippen molar-refractivity contribution in [1.82, 2.24) is 0 Å². The van der Waals surface area contributed by atoms with Gasteiger partial charge in [0.25, 0.3) is 0 Å². The SMILES string of the molecule is CC/C=C\C/C=C\C/C=C\CCCCCC(=O)OC(COC(=O)CCCCCCC/C=C\CCCC)COC(=O)CCCCCCCCCCCCCCCCCCCCCCCCCCCCC. The summed E-state index contributed by atoms with van der Waals surface area (Å²) >= 11 is 0. The Labute approximate surface area is 428 Å². The molecule has 6 heteroatoms. The van der Waals surface area contributed by atoms with Crippen LogP contribution in [0.15, 0.2) is 48.6 Å². The van der Waals surface area contributed by atoms with Gasteiger partial charge in [0, 0.05) is 19.3 Å². The molecule has 0 rings (SSSR count). The Morgan fingerprint density at radius 3 is 0.957 bits per heavy atom. The fraction of sp³-hybridized carbons (Fsp3) is 0.825. The smallest absolute Gasteiger partial charge is 0.306 e. The van der Waals surface area contributed by atoms with E-state index in [0.717, 1.165) is 89.9 Å². The molecule has 0 aliphatic rings. The van der Waals surface area contributed by atoms with Crippen molar-refractivity contribution >= 4 is 17.9 Å². The number of rotatable bonds is 55. The van der Waals surface area contributed by atoms with Crippen LogP contribution in [0.3, 0.4) is 0 Å². The molecule has 69 heavy (non-hydrogen) atoms. The Morgan fingerprint density at radius 2 is 0.580 bits per heavy atom. The third-order valence-corrected chi connectivity index (χ3v) is 13.3. The Morgan fingerprint density at radius 1 is 0.304 bits per heavy atom. The molecule has 0 radical (unpaired) electrons. The number of ether oxygens (including phenoxy) is 3. The monoisotopic (exact) mass is 967 g/mol. The number of esters is 3. The highest BCUT2D eigenvalue weighted by Gasteiger charge is 2.19. The highest BCUT2D eigenvalue weighted by atomic mass is 16.6. The highest BCUT2D eigenvalue weighted by Crippen LogP contribution is 2.17. The summed E-state index contributed by atoms with van der Waals surface area (Å²) in [5.74, 6) is -0.912. The van der Waals surface area contributed by atoms with Crippen molar-refractivity contribution in [3.8, 4) is 0 Å². The van der Waals surface area contributed by atoms with Crippen molar-refractivity contribution in [1.29, 1.82) is 0 Å². The first-order valence-electron chi connectivity index (χ1n) is 30.1. The van der Waals surface area contributed by atoms with E-state index in [-0.39, 0.29) is 31.1 Å². The predicted octanol–water partition coefficient (Wildman–Crippen LogP) is 20.2. The van der Waals surface area contributed by atoms with E-state index in [1.54, 1.807) is 0 Å². The molecule has 1 atom stereocenters. The van der Waals surface area contributed by atoms with Gasteiger partial charge in [0.2, 0.25) is 0 Å². The van der Waals surface area contributed by atoms with Crippen LogP contribution in [-0.4, -0.2) is 37.2 Å².